The second kappa shape index (κ2) is 8.60. The van der Waals surface area contributed by atoms with Crippen molar-refractivity contribution in [3.63, 3.8) is 0 Å². The Kier molecular flexibility index (Phi) is 6.18. The second-order valence-corrected chi connectivity index (χ2v) is 7.32. The molecule has 1 aliphatic heterocycles. The third-order valence-electron chi connectivity index (χ3n) is 4.64. The number of piperazine rings is 1. The predicted molar refractivity (Wildman–Crippen MR) is 104 cm³/mol. The molecule has 150 valence electrons. The van der Waals surface area contributed by atoms with Gasteiger partial charge in [0.25, 0.3) is 0 Å². The van der Waals surface area contributed by atoms with Crippen molar-refractivity contribution in [3.05, 3.63) is 47.4 Å². The smallest absolute Gasteiger partial charge is 0.238 e. The molecule has 1 aromatic heterocycles. The van der Waals surface area contributed by atoms with Gasteiger partial charge < -0.3 is 10.2 Å². The van der Waals surface area contributed by atoms with E-state index < -0.39 is 11.6 Å². The summed E-state index contributed by atoms with van der Waals surface area (Å²) in [6, 6.07) is 5.31. The Hall–Kier alpha value is -2.61. The van der Waals surface area contributed by atoms with Gasteiger partial charge in [-0.25, -0.2) is 18.7 Å². The molecule has 1 aliphatic rings. The zero-order valence-corrected chi connectivity index (χ0v) is 16.4. The lowest BCUT2D eigenvalue weighted by Crippen LogP contribution is -2.49. The van der Waals surface area contributed by atoms with Gasteiger partial charge in [-0.3, -0.25) is 9.69 Å². The van der Waals surface area contributed by atoms with E-state index in [1.165, 1.54) is 6.07 Å². The number of hydrogen-bond donors (Lipinski definition) is 1. The average Bonchev–Trinajstić information content (AvgIpc) is 2.65. The van der Waals surface area contributed by atoms with Crippen molar-refractivity contribution in [3.8, 4) is 0 Å². The van der Waals surface area contributed by atoms with Gasteiger partial charge in [-0.05, 0) is 19.1 Å². The van der Waals surface area contributed by atoms with E-state index in [1.807, 2.05) is 17.9 Å². The van der Waals surface area contributed by atoms with E-state index in [-0.39, 0.29) is 24.1 Å². The van der Waals surface area contributed by atoms with Gasteiger partial charge in [0.1, 0.15) is 11.6 Å². The Labute approximate surface area is 163 Å². The summed E-state index contributed by atoms with van der Waals surface area (Å²) in [7, 11) is 0. The molecular formula is C20H25F2N5O. The molecule has 2 aromatic rings. The van der Waals surface area contributed by atoms with E-state index in [0.717, 1.165) is 42.6 Å². The number of amides is 1. The topological polar surface area (TPSA) is 61.4 Å². The monoisotopic (exact) mass is 389 g/mol. The van der Waals surface area contributed by atoms with Gasteiger partial charge in [-0.15, -0.1) is 0 Å². The van der Waals surface area contributed by atoms with Crippen molar-refractivity contribution in [2.75, 3.05) is 42.9 Å². The van der Waals surface area contributed by atoms with Gasteiger partial charge in [0.15, 0.2) is 11.6 Å². The van der Waals surface area contributed by atoms with Crippen molar-refractivity contribution >= 4 is 17.4 Å². The lowest BCUT2D eigenvalue weighted by molar-refractivity contribution is -0.117. The first-order chi connectivity index (χ1) is 13.3. The largest absolute Gasteiger partial charge is 0.354 e. The van der Waals surface area contributed by atoms with Crippen LogP contribution in [0.3, 0.4) is 0 Å². The number of carbonyl (C=O) groups excluding carboxylic acids is 1. The van der Waals surface area contributed by atoms with Crippen LogP contribution in [0, 0.1) is 18.6 Å². The van der Waals surface area contributed by atoms with Crippen molar-refractivity contribution in [2.45, 2.75) is 26.7 Å². The van der Waals surface area contributed by atoms with Crippen LogP contribution in [-0.2, 0) is 4.79 Å². The third-order valence-corrected chi connectivity index (χ3v) is 4.64. The van der Waals surface area contributed by atoms with Gasteiger partial charge in [0, 0.05) is 55.6 Å². The number of nitrogens with zero attached hydrogens (tertiary/aromatic N) is 4. The Balaban J connectivity index is 1.54. The minimum Gasteiger partial charge on any atom is -0.354 e. The van der Waals surface area contributed by atoms with Crippen LogP contribution in [0.5, 0.6) is 0 Å². The number of aryl methyl sites for hydroxylation is 1. The molecule has 1 N–H and O–H groups in total. The molecule has 0 atom stereocenters. The van der Waals surface area contributed by atoms with Crippen LogP contribution in [-0.4, -0.2) is 53.5 Å². The highest BCUT2D eigenvalue weighted by atomic mass is 19.2. The average molecular weight is 389 g/mol. The van der Waals surface area contributed by atoms with Gasteiger partial charge in [-0.1, -0.05) is 13.8 Å². The quantitative estimate of drug-likeness (QED) is 0.852. The molecule has 0 bridgehead atoms. The predicted octanol–water partition coefficient (Wildman–Crippen LogP) is 2.95. The summed E-state index contributed by atoms with van der Waals surface area (Å²) in [6.45, 7) is 9.25. The minimum absolute atomic E-state index is 0.201. The maximum atomic E-state index is 13.2. The van der Waals surface area contributed by atoms with Crippen LogP contribution in [0.15, 0.2) is 24.3 Å². The van der Waals surface area contributed by atoms with Crippen LogP contribution in [0.2, 0.25) is 0 Å². The van der Waals surface area contributed by atoms with Gasteiger partial charge in [0.05, 0.1) is 6.54 Å². The van der Waals surface area contributed by atoms with E-state index >= 15 is 0 Å². The fraction of sp³-hybridized carbons (Fsp3) is 0.450. The number of halogens is 2. The fourth-order valence-electron chi connectivity index (χ4n) is 3.11. The molecule has 3 rings (SSSR count). The van der Waals surface area contributed by atoms with Crippen LogP contribution in [0.25, 0.3) is 0 Å². The number of hydrogen-bond acceptors (Lipinski definition) is 5. The lowest BCUT2D eigenvalue weighted by atomic mass is 10.2. The third kappa shape index (κ3) is 5.01. The Morgan fingerprint density at radius 3 is 2.46 bits per heavy atom. The summed E-state index contributed by atoms with van der Waals surface area (Å²) in [5.41, 5.74) is 1.20. The summed E-state index contributed by atoms with van der Waals surface area (Å²) in [5, 5.41) is 2.61. The Morgan fingerprint density at radius 1 is 1.11 bits per heavy atom. The minimum atomic E-state index is -0.979. The Bertz CT molecular complexity index is 850. The van der Waals surface area contributed by atoms with E-state index in [4.69, 9.17) is 0 Å². The van der Waals surface area contributed by atoms with E-state index in [1.54, 1.807) is 0 Å². The van der Waals surface area contributed by atoms with Crippen LogP contribution >= 0.6 is 0 Å². The van der Waals surface area contributed by atoms with Crippen LogP contribution in [0.4, 0.5) is 20.3 Å². The molecule has 2 heterocycles. The number of nitrogens with one attached hydrogen (secondary N) is 1. The molecule has 1 fully saturated rings. The van der Waals surface area contributed by atoms with Crippen LogP contribution < -0.4 is 10.2 Å². The molecular weight excluding hydrogens is 364 g/mol. The van der Waals surface area contributed by atoms with E-state index in [2.05, 4.69) is 34.0 Å². The van der Waals surface area contributed by atoms with Gasteiger partial charge in [-0.2, -0.15) is 0 Å². The fourth-order valence-corrected chi connectivity index (χ4v) is 3.11. The summed E-state index contributed by atoms with van der Waals surface area (Å²) in [5.74, 6) is -0.146. The van der Waals surface area contributed by atoms with Gasteiger partial charge in [0.2, 0.25) is 5.91 Å². The van der Waals surface area contributed by atoms with Gasteiger partial charge >= 0.3 is 0 Å². The molecule has 8 heteroatoms. The molecule has 1 aromatic carbocycles. The number of carbonyl (C=O) groups is 1. The molecule has 1 amide bonds. The van der Waals surface area contributed by atoms with Crippen molar-refractivity contribution in [2.24, 2.45) is 0 Å². The zero-order valence-electron chi connectivity index (χ0n) is 16.4. The molecule has 1 saturated heterocycles. The van der Waals surface area contributed by atoms with Crippen molar-refractivity contribution in [1.82, 2.24) is 14.9 Å². The van der Waals surface area contributed by atoms with E-state index in [0.29, 0.717) is 13.1 Å². The lowest BCUT2D eigenvalue weighted by Gasteiger charge is -2.35. The summed E-state index contributed by atoms with van der Waals surface area (Å²) < 4.78 is 26.2. The Morgan fingerprint density at radius 2 is 1.82 bits per heavy atom. The van der Waals surface area contributed by atoms with E-state index in [9.17, 15) is 13.6 Å². The first kappa shape index (κ1) is 20.1. The molecule has 6 nitrogen and oxygen atoms in total. The first-order valence-corrected chi connectivity index (χ1v) is 9.39. The summed E-state index contributed by atoms with van der Waals surface area (Å²) in [6.07, 6.45) is 0. The number of benzene rings is 1. The van der Waals surface area contributed by atoms with Crippen molar-refractivity contribution < 1.29 is 13.6 Å². The zero-order chi connectivity index (χ0) is 20.3. The molecule has 0 unspecified atom stereocenters. The first-order valence-electron chi connectivity index (χ1n) is 9.39. The highest BCUT2D eigenvalue weighted by Crippen LogP contribution is 2.19. The molecule has 0 spiro atoms. The molecule has 0 aliphatic carbocycles. The van der Waals surface area contributed by atoms with Crippen molar-refractivity contribution in [1.29, 1.82) is 0 Å². The highest BCUT2D eigenvalue weighted by molar-refractivity contribution is 5.92. The standard InChI is InChI=1S/C20H25F2N5O/c1-13(2)20-23-14(3)10-18(25-20)27-8-6-26(7-9-27)12-19(28)24-15-4-5-16(21)17(22)11-15/h4-5,10-11,13H,6-9,12H2,1-3H3,(H,24,28). The molecule has 28 heavy (non-hydrogen) atoms. The summed E-state index contributed by atoms with van der Waals surface area (Å²) >= 11 is 0. The number of anilines is 2. The molecule has 0 radical (unpaired) electrons. The highest BCUT2D eigenvalue weighted by Gasteiger charge is 2.21. The maximum absolute atomic E-state index is 13.2. The van der Waals surface area contributed by atoms with Crippen LogP contribution in [0.1, 0.15) is 31.3 Å². The number of aromatic nitrogens is 2. The normalized spacial score (nSPS) is 15.1. The second-order valence-electron chi connectivity index (χ2n) is 7.32. The maximum Gasteiger partial charge on any atom is 0.238 e. The summed E-state index contributed by atoms with van der Waals surface area (Å²) in [4.78, 5) is 25.6. The molecule has 0 saturated carbocycles. The number of rotatable bonds is 5. The SMILES string of the molecule is Cc1cc(N2CCN(CC(=O)Nc3ccc(F)c(F)c3)CC2)nc(C(C)C)n1.